The SMILES string of the molecule is CCNC(=O)[C@H]1Cc2ccccc2N1C(C)=O. The number of anilines is 1. The minimum Gasteiger partial charge on any atom is -0.355 e. The summed E-state index contributed by atoms with van der Waals surface area (Å²) in [6.07, 6.45) is 0.599. The van der Waals surface area contributed by atoms with Gasteiger partial charge in [-0.25, -0.2) is 0 Å². The van der Waals surface area contributed by atoms with Crippen LogP contribution in [0, 0.1) is 0 Å². The number of likely N-dealkylation sites (N-methyl/N-ethyl adjacent to an activating group) is 1. The summed E-state index contributed by atoms with van der Waals surface area (Å²) in [6.45, 7) is 3.95. The van der Waals surface area contributed by atoms with Gasteiger partial charge in [-0.3, -0.25) is 14.5 Å². The summed E-state index contributed by atoms with van der Waals surface area (Å²) in [5, 5.41) is 2.77. The molecule has 2 rings (SSSR count). The molecule has 4 nitrogen and oxygen atoms in total. The minimum atomic E-state index is -0.398. The molecule has 1 aromatic carbocycles. The van der Waals surface area contributed by atoms with Gasteiger partial charge in [0.15, 0.2) is 0 Å². The van der Waals surface area contributed by atoms with Crippen LogP contribution < -0.4 is 10.2 Å². The van der Waals surface area contributed by atoms with Crippen LogP contribution in [0.15, 0.2) is 24.3 Å². The van der Waals surface area contributed by atoms with E-state index in [1.807, 2.05) is 31.2 Å². The van der Waals surface area contributed by atoms with Crippen LogP contribution in [-0.4, -0.2) is 24.4 Å². The van der Waals surface area contributed by atoms with E-state index in [0.717, 1.165) is 11.3 Å². The highest BCUT2D eigenvalue weighted by molar-refractivity contribution is 6.02. The van der Waals surface area contributed by atoms with Crippen molar-refractivity contribution in [2.45, 2.75) is 26.3 Å². The molecule has 1 aliphatic heterocycles. The molecule has 1 N–H and O–H groups in total. The Balaban J connectivity index is 2.33. The Kier molecular flexibility index (Phi) is 3.13. The highest BCUT2D eigenvalue weighted by atomic mass is 16.2. The van der Waals surface area contributed by atoms with Gasteiger partial charge in [-0.15, -0.1) is 0 Å². The van der Waals surface area contributed by atoms with Crippen LogP contribution >= 0.6 is 0 Å². The molecular weight excluding hydrogens is 216 g/mol. The number of amides is 2. The highest BCUT2D eigenvalue weighted by Gasteiger charge is 2.36. The van der Waals surface area contributed by atoms with Gasteiger partial charge in [-0.05, 0) is 18.6 Å². The number of fused-ring (bicyclic) bond motifs is 1. The number of rotatable bonds is 2. The number of para-hydroxylation sites is 1. The molecule has 1 heterocycles. The topological polar surface area (TPSA) is 49.4 Å². The van der Waals surface area contributed by atoms with Crippen LogP contribution in [0.5, 0.6) is 0 Å². The summed E-state index contributed by atoms with van der Waals surface area (Å²) in [7, 11) is 0. The summed E-state index contributed by atoms with van der Waals surface area (Å²) >= 11 is 0. The molecule has 0 aliphatic carbocycles. The molecule has 0 spiro atoms. The van der Waals surface area contributed by atoms with Gasteiger partial charge in [0, 0.05) is 25.6 Å². The van der Waals surface area contributed by atoms with Crippen molar-refractivity contribution in [2.24, 2.45) is 0 Å². The molecule has 0 saturated heterocycles. The Morgan fingerprint density at radius 3 is 2.76 bits per heavy atom. The predicted molar refractivity (Wildman–Crippen MR) is 65.8 cm³/mol. The maximum Gasteiger partial charge on any atom is 0.243 e. The number of nitrogens with zero attached hydrogens (tertiary/aromatic N) is 1. The molecule has 0 saturated carbocycles. The van der Waals surface area contributed by atoms with Gasteiger partial charge in [0.25, 0.3) is 0 Å². The number of hydrogen-bond donors (Lipinski definition) is 1. The molecule has 17 heavy (non-hydrogen) atoms. The van der Waals surface area contributed by atoms with Gasteiger partial charge in [0.1, 0.15) is 6.04 Å². The molecule has 0 bridgehead atoms. The van der Waals surface area contributed by atoms with Crippen molar-refractivity contribution >= 4 is 17.5 Å². The van der Waals surface area contributed by atoms with Gasteiger partial charge in [-0.1, -0.05) is 18.2 Å². The molecule has 1 aromatic rings. The second-order valence-corrected chi connectivity index (χ2v) is 4.13. The Hall–Kier alpha value is -1.84. The van der Waals surface area contributed by atoms with Crippen LogP contribution in [0.2, 0.25) is 0 Å². The molecule has 0 radical (unpaired) electrons. The predicted octanol–water partition coefficient (Wildman–Crippen LogP) is 1.10. The lowest BCUT2D eigenvalue weighted by molar-refractivity contribution is -0.125. The van der Waals surface area contributed by atoms with Crippen molar-refractivity contribution in [3.05, 3.63) is 29.8 Å². The van der Waals surface area contributed by atoms with E-state index in [1.165, 1.54) is 6.92 Å². The number of carbonyl (C=O) groups excluding carboxylic acids is 2. The van der Waals surface area contributed by atoms with Gasteiger partial charge in [0.2, 0.25) is 11.8 Å². The van der Waals surface area contributed by atoms with Crippen molar-refractivity contribution in [3.63, 3.8) is 0 Å². The molecule has 4 heteroatoms. The first-order chi connectivity index (χ1) is 8.15. The van der Waals surface area contributed by atoms with Gasteiger partial charge in [-0.2, -0.15) is 0 Å². The van der Waals surface area contributed by atoms with E-state index in [2.05, 4.69) is 5.32 Å². The van der Waals surface area contributed by atoms with Crippen molar-refractivity contribution < 1.29 is 9.59 Å². The number of hydrogen-bond acceptors (Lipinski definition) is 2. The zero-order chi connectivity index (χ0) is 12.4. The third-order valence-corrected chi connectivity index (χ3v) is 2.97. The van der Waals surface area contributed by atoms with Crippen molar-refractivity contribution in [1.82, 2.24) is 5.32 Å². The second-order valence-electron chi connectivity index (χ2n) is 4.13. The Morgan fingerprint density at radius 2 is 2.12 bits per heavy atom. The summed E-state index contributed by atoms with van der Waals surface area (Å²) in [5.74, 6) is -0.176. The standard InChI is InChI=1S/C13H16N2O2/c1-3-14-13(17)12-8-10-6-4-5-7-11(10)15(12)9(2)16/h4-7,12H,3,8H2,1-2H3,(H,14,17)/t12-/m1/s1. The lowest BCUT2D eigenvalue weighted by atomic mass is 10.1. The number of carbonyl (C=O) groups is 2. The monoisotopic (exact) mass is 232 g/mol. The average Bonchev–Trinajstić information content (AvgIpc) is 2.68. The van der Waals surface area contributed by atoms with Crippen LogP contribution in [0.4, 0.5) is 5.69 Å². The smallest absolute Gasteiger partial charge is 0.243 e. The lowest BCUT2D eigenvalue weighted by Crippen LogP contribution is -2.47. The number of benzene rings is 1. The second kappa shape index (κ2) is 4.57. The Morgan fingerprint density at radius 1 is 1.41 bits per heavy atom. The van der Waals surface area contributed by atoms with E-state index in [1.54, 1.807) is 4.90 Å². The van der Waals surface area contributed by atoms with Crippen LogP contribution in [0.3, 0.4) is 0 Å². The van der Waals surface area contributed by atoms with Crippen LogP contribution in [-0.2, 0) is 16.0 Å². The van der Waals surface area contributed by atoms with Crippen molar-refractivity contribution in [1.29, 1.82) is 0 Å². The molecule has 1 aliphatic rings. The molecular formula is C13H16N2O2. The fraction of sp³-hybridized carbons (Fsp3) is 0.385. The van der Waals surface area contributed by atoms with E-state index in [0.29, 0.717) is 13.0 Å². The summed E-state index contributed by atoms with van der Waals surface area (Å²) in [4.78, 5) is 25.2. The third-order valence-electron chi connectivity index (χ3n) is 2.97. The minimum absolute atomic E-state index is 0.0844. The van der Waals surface area contributed by atoms with E-state index in [4.69, 9.17) is 0 Å². The van der Waals surface area contributed by atoms with Crippen molar-refractivity contribution in [2.75, 3.05) is 11.4 Å². The maximum absolute atomic E-state index is 11.9. The third kappa shape index (κ3) is 2.02. The van der Waals surface area contributed by atoms with Gasteiger partial charge >= 0.3 is 0 Å². The van der Waals surface area contributed by atoms with Gasteiger partial charge in [0.05, 0.1) is 0 Å². The largest absolute Gasteiger partial charge is 0.355 e. The first kappa shape index (κ1) is 11.6. The molecule has 1 atom stereocenters. The highest BCUT2D eigenvalue weighted by Crippen LogP contribution is 2.31. The van der Waals surface area contributed by atoms with Gasteiger partial charge < -0.3 is 5.32 Å². The summed E-state index contributed by atoms with van der Waals surface area (Å²) in [6, 6.07) is 7.26. The fourth-order valence-corrected chi connectivity index (χ4v) is 2.28. The van der Waals surface area contributed by atoms with E-state index in [9.17, 15) is 9.59 Å². The van der Waals surface area contributed by atoms with E-state index in [-0.39, 0.29) is 11.8 Å². The molecule has 0 aromatic heterocycles. The van der Waals surface area contributed by atoms with E-state index < -0.39 is 6.04 Å². The summed E-state index contributed by atoms with van der Waals surface area (Å²) in [5.41, 5.74) is 1.91. The zero-order valence-electron chi connectivity index (χ0n) is 10.1. The molecule has 90 valence electrons. The van der Waals surface area contributed by atoms with Crippen molar-refractivity contribution in [3.8, 4) is 0 Å². The van der Waals surface area contributed by atoms with Crippen LogP contribution in [0.1, 0.15) is 19.4 Å². The number of nitrogens with one attached hydrogen (secondary N) is 1. The first-order valence-electron chi connectivity index (χ1n) is 5.80. The first-order valence-corrected chi connectivity index (χ1v) is 5.80. The van der Waals surface area contributed by atoms with E-state index >= 15 is 0 Å². The normalized spacial score (nSPS) is 17.8. The summed E-state index contributed by atoms with van der Waals surface area (Å²) < 4.78 is 0. The quantitative estimate of drug-likeness (QED) is 0.830. The Labute approximate surface area is 101 Å². The zero-order valence-corrected chi connectivity index (χ0v) is 10.1. The Bertz CT molecular complexity index is 456. The lowest BCUT2D eigenvalue weighted by Gasteiger charge is -2.23. The van der Waals surface area contributed by atoms with Crippen LogP contribution in [0.25, 0.3) is 0 Å². The maximum atomic E-state index is 11.9. The molecule has 2 amide bonds. The molecule has 0 unspecified atom stereocenters. The fourth-order valence-electron chi connectivity index (χ4n) is 2.28. The molecule has 0 fully saturated rings. The average molecular weight is 232 g/mol.